The Morgan fingerprint density at radius 1 is 1.17 bits per heavy atom. The molecule has 1 saturated heterocycles. The van der Waals surface area contributed by atoms with Crippen molar-refractivity contribution in [2.75, 3.05) is 31.2 Å². The molecule has 30 heavy (non-hydrogen) atoms. The molecular formula is C23H32N4O3. The van der Waals surface area contributed by atoms with Gasteiger partial charge in [0.25, 0.3) is 0 Å². The van der Waals surface area contributed by atoms with E-state index >= 15 is 0 Å². The van der Waals surface area contributed by atoms with Crippen molar-refractivity contribution in [2.24, 2.45) is 5.92 Å². The molecule has 1 aromatic heterocycles. The number of rotatable bonds is 6. The Hall–Kier alpha value is -2.41. The first-order valence-corrected chi connectivity index (χ1v) is 11.1. The average molecular weight is 413 g/mol. The van der Waals surface area contributed by atoms with Gasteiger partial charge in [0, 0.05) is 49.7 Å². The molecule has 4 rings (SSSR count). The number of carbonyl (C=O) groups is 1. The number of amides is 1. The van der Waals surface area contributed by atoms with Gasteiger partial charge >= 0.3 is 0 Å². The van der Waals surface area contributed by atoms with Crippen molar-refractivity contribution in [3.8, 4) is 5.75 Å². The van der Waals surface area contributed by atoms with Gasteiger partial charge in [0.15, 0.2) is 0 Å². The molecule has 2 fully saturated rings. The normalized spacial score (nSPS) is 22.3. The molecule has 0 atom stereocenters. The van der Waals surface area contributed by atoms with Crippen LogP contribution in [0.2, 0.25) is 0 Å². The summed E-state index contributed by atoms with van der Waals surface area (Å²) in [6.45, 7) is 7.35. The fourth-order valence-corrected chi connectivity index (χ4v) is 4.28. The van der Waals surface area contributed by atoms with E-state index in [0.29, 0.717) is 12.3 Å². The Morgan fingerprint density at radius 2 is 1.90 bits per heavy atom. The minimum atomic E-state index is 0.133. The maximum absolute atomic E-state index is 12.1. The zero-order valence-electron chi connectivity index (χ0n) is 18.0. The monoisotopic (exact) mass is 412 g/mol. The van der Waals surface area contributed by atoms with E-state index in [1.807, 2.05) is 0 Å². The zero-order chi connectivity index (χ0) is 20.9. The van der Waals surface area contributed by atoms with Crippen molar-refractivity contribution in [2.45, 2.75) is 58.1 Å². The van der Waals surface area contributed by atoms with Gasteiger partial charge in [-0.25, -0.2) is 4.98 Å². The number of morpholine rings is 1. The van der Waals surface area contributed by atoms with Crippen LogP contribution < -0.4 is 15.0 Å². The van der Waals surface area contributed by atoms with E-state index in [-0.39, 0.29) is 18.1 Å². The number of hydrogen-bond acceptors (Lipinski definition) is 6. The number of benzene rings is 1. The summed E-state index contributed by atoms with van der Waals surface area (Å²) < 4.78 is 11.9. The highest BCUT2D eigenvalue weighted by atomic mass is 16.5. The smallest absolute Gasteiger partial charge is 0.220 e. The second kappa shape index (κ2) is 9.60. The van der Waals surface area contributed by atoms with E-state index in [1.165, 1.54) is 0 Å². The summed E-state index contributed by atoms with van der Waals surface area (Å²) in [7, 11) is 0. The van der Waals surface area contributed by atoms with Gasteiger partial charge in [0.05, 0.1) is 24.8 Å². The van der Waals surface area contributed by atoms with Gasteiger partial charge < -0.3 is 19.7 Å². The number of hydrogen-bond donors (Lipinski definition) is 1. The van der Waals surface area contributed by atoms with Crippen molar-refractivity contribution in [3.05, 3.63) is 24.5 Å². The van der Waals surface area contributed by atoms with E-state index in [0.717, 1.165) is 74.5 Å². The molecule has 1 N–H and O–H groups in total. The highest BCUT2D eigenvalue weighted by Crippen LogP contribution is 2.33. The van der Waals surface area contributed by atoms with E-state index in [1.54, 1.807) is 12.4 Å². The highest BCUT2D eigenvalue weighted by molar-refractivity contribution is 5.85. The number of carbonyl (C=O) groups excluding carboxylic acids is 1. The Bertz CT molecular complexity index is 859. The molecule has 1 aliphatic heterocycles. The molecule has 1 aliphatic carbocycles. The SMILES string of the molecule is CC(C)CC(=O)N[C@H]1CC[C@@H](Oc2cc(N3CCOCC3)cc3nccnc23)CC1. The third-order valence-corrected chi connectivity index (χ3v) is 5.83. The molecule has 2 aliphatic rings. The third kappa shape index (κ3) is 5.19. The minimum Gasteiger partial charge on any atom is -0.488 e. The van der Waals surface area contributed by atoms with Crippen molar-refractivity contribution in [1.82, 2.24) is 15.3 Å². The van der Waals surface area contributed by atoms with Crippen molar-refractivity contribution < 1.29 is 14.3 Å². The van der Waals surface area contributed by atoms with Gasteiger partial charge in [-0.1, -0.05) is 13.8 Å². The topological polar surface area (TPSA) is 76.6 Å². The van der Waals surface area contributed by atoms with Crippen LogP contribution in [0, 0.1) is 5.92 Å². The summed E-state index contributed by atoms with van der Waals surface area (Å²) in [5.41, 5.74) is 2.77. The molecular weight excluding hydrogens is 380 g/mol. The number of nitrogens with zero attached hydrogens (tertiary/aromatic N) is 3. The largest absolute Gasteiger partial charge is 0.488 e. The van der Waals surface area contributed by atoms with E-state index in [2.05, 4.69) is 46.2 Å². The summed E-state index contributed by atoms with van der Waals surface area (Å²) in [5, 5.41) is 3.18. The van der Waals surface area contributed by atoms with Gasteiger partial charge in [-0.2, -0.15) is 0 Å². The van der Waals surface area contributed by atoms with Crippen LogP contribution >= 0.6 is 0 Å². The van der Waals surface area contributed by atoms with Crippen LogP contribution in [-0.2, 0) is 9.53 Å². The standard InChI is InChI=1S/C23H32N4O3/c1-16(2)13-22(28)26-17-3-5-19(6-4-17)30-21-15-18(27-9-11-29-12-10-27)14-20-23(21)25-8-7-24-20/h7-8,14-17,19H,3-6,9-13H2,1-2H3,(H,26,28)/t17-,19+. The fraction of sp³-hybridized carbons (Fsp3) is 0.609. The van der Waals surface area contributed by atoms with Crippen LogP contribution in [0.1, 0.15) is 46.0 Å². The van der Waals surface area contributed by atoms with Gasteiger partial charge in [-0.3, -0.25) is 9.78 Å². The molecule has 1 amide bonds. The van der Waals surface area contributed by atoms with Crippen LogP contribution in [0.3, 0.4) is 0 Å². The van der Waals surface area contributed by atoms with Gasteiger partial charge in [-0.15, -0.1) is 0 Å². The van der Waals surface area contributed by atoms with Crippen molar-refractivity contribution in [1.29, 1.82) is 0 Å². The second-order valence-corrected chi connectivity index (χ2v) is 8.72. The number of aromatic nitrogens is 2. The number of fused-ring (bicyclic) bond motifs is 1. The second-order valence-electron chi connectivity index (χ2n) is 8.72. The van der Waals surface area contributed by atoms with Crippen molar-refractivity contribution >= 4 is 22.6 Å². The molecule has 0 radical (unpaired) electrons. The highest BCUT2D eigenvalue weighted by Gasteiger charge is 2.25. The van der Waals surface area contributed by atoms with Gasteiger partial charge in [0.1, 0.15) is 11.3 Å². The lowest BCUT2D eigenvalue weighted by molar-refractivity contribution is -0.122. The summed E-state index contributed by atoms with van der Waals surface area (Å²) in [5.74, 6) is 1.35. The molecule has 2 heterocycles. The first-order valence-electron chi connectivity index (χ1n) is 11.1. The van der Waals surface area contributed by atoms with Gasteiger partial charge in [-0.05, 0) is 37.7 Å². The number of ether oxygens (including phenoxy) is 2. The van der Waals surface area contributed by atoms with Crippen molar-refractivity contribution in [3.63, 3.8) is 0 Å². The molecule has 1 saturated carbocycles. The Morgan fingerprint density at radius 3 is 2.63 bits per heavy atom. The predicted molar refractivity (Wildman–Crippen MR) is 117 cm³/mol. The quantitative estimate of drug-likeness (QED) is 0.784. The molecule has 0 spiro atoms. The van der Waals surface area contributed by atoms with E-state index < -0.39 is 0 Å². The number of nitrogens with one attached hydrogen (secondary N) is 1. The maximum Gasteiger partial charge on any atom is 0.220 e. The van der Waals surface area contributed by atoms with Crippen LogP contribution in [-0.4, -0.2) is 54.3 Å². The zero-order valence-corrected chi connectivity index (χ0v) is 18.0. The Kier molecular flexibility index (Phi) is 6.67. The van der Waals surface area contributed by atoms with E-state index in [4.69, 9.17) is 9.47 Å². The Balaban J connectivity index is 1.43. The lowest BCUT2D eigenvalue weighted by Crippen LogP contribution is -2.40. The Labute approximate surface area is 178 Å². The van der Waals surface area contributed by atoms with Crippen LogP contribution in [0.25, 0.3) is 11.0 Å². The lowest BCUT2D eigenvalue weighted by Gasteiger charge is -2.31. The average Bonchev–Trinajstić information content (AvgIpc) is 2.75. The molecule has 2 aromatic rings. The lowest BCUT2D eigenvalue weighted by atomic mass is 9.92. The van der Waals surface area contributed by atoms with Crippen LogP contribution in [0.15, 0.2) is 24.5 Å². The molecule has 162 valence electrons. The van der Waals surface area contributed by atoms with E-state index in [9.17, 15) is 4.79 Å². The summed E-state index contributed by atoms with van der Waals surface area (Å²) >= 11 is 0. The first-order chi connectivity index (χ1) is 14.6. The van der Waals surface area contributed by atoms with Crippen LogP contribution in [0.5, 0.6) is 5.75 Å². The summed E-state index contributed by atoms with van der Waals surface area (Å²) in [6, 6.07) is 4.44. The molecule has 1 aromatic carbocycles. The summed E-state index contributed by atoms with van der Waals surface area (Å²) in [4.78, 5) is 23.4. The fourth-order valence-electron chi connectivity index (χ4n) is 4.28. The molecule has 7 heteroatoms. The maximum atomic E-state index is 12.1. The minimum absolute atomic E-state index is 0.133. The predicted octanol–water partition coefficient (Wildman–Crippen LogP) is 3.32. The molecule has 7 nitrogen and oxygen atoms in total. The van der Waals surface area contributed by atoms with Crippen LogP contribution in [0.4, 0.5) is 5.69 Å². The number of anilines is 1. The summed E-state index contributed by atoms with van der Waals surface area (Å²) in [6.07, 6.45) is 7.91. The molecule has 0 bridgehead atoms. The molecule has 0 unspecified atom stereocenters. The first kappa shape index (κ1) is 20.8. The van der Waals surface area contributed by atoms with Gasteiger partial charge in [0.2, 0.25) is 5.91 Å². The third-order valence-electron chi connectivity index (χ3n) is 5.83.